The molecule has 0 unspecified atom stereocenters. The van der Waals surface area contributed by atoms with Gasteiger partial charge in [-0.05, 0) is 43.2 Å². The zero-order valence-electron chi connectivity index (χ0n) is 15.2. The van der Waals surface area contributed by atoms with Gasteiger partial charge in [-0.1, -0.05) is 12.1 Å². The van der Waals surface area contributed by atoms with E-state index in [0.29, 0.717) is 17.1 Å². The quantitative estimate of drug-likeness (QED) is 0.720. The first kappa shape index (κ1) is 19.2. The van der Waals surface area contributed by atoms with E-state index < -0.39 is 10.0 Å². The number of rotatable bonds is 8. The molecule has 0 heterocycles. The van der Waals surface area contributed by atoms with E-state index >= 15 is 0 Å². The lowest BCUT2D eigenvalue weighted by atomic mass is 10.1. The summed E-state index contributed by atoms with van der Waals surface area (Å²) < 4.78 is 37.5. The predicted molar refractivity (Wildman–Crippen MR) is 101 cm³/mol. The standard InChI is InChI=1S/C19H22N2O5S/c1-25-17-5-3-4-14(18(17)26-2)12-20-19(22)13-6-10-16(11-7-13)27(23,24)21-15-8-9-15/h3-7,10-11,15,21H,8-9,12H2,1-2H3,(H,20,22). The number of amides is 1. The Labute approximate surface area is 158 Å². The highest BCUT2D eigenvalue weighted by atomic mass is 32.2. The number of nitrogens with one attached hydrogen (secondary N) is 2. The molecule has 8 heteroatoms. The fraction of sp³-hybridized carbons (Fsp3) is 0.316. The number of sulfonamides is 1. The Morgan fingerprint density at radius 1 is 1.07 bits per heavy atom. The van der Waals surface area contributed by atoms with Gasteiger partial charge in [-0.3, -0.25) is 4.79 Å². The highest BCUT2D eigenvalue weighted by Gasteiger charge is 2.28. The molecule has 0 radical (unpaired) electrons. The molecule has 1 aliphatic carbocycles. The first-order valence-corrected chi connectivity index (χ1v) is 10.0. The van der Waals surface area contributed by atoms with Crippen molar-refractivity contribution in [2.75, 3.05) is 14.2 Å². The largest absolute Gasteiger partial charge is 0.493 e. The van der Waals surface area contributed by atoms with Gasteiger partial charge in [0.2, 0.25) is 10.0 Å². The van der Waals surface area contributed by atoms with E-state index in [1.807, 2.05) is 12.1 Å². The maximum atomic E-state index is 12.4. The molecule has 2 aromatic rings. The maximum Gasteiger partial charge on any atom is 0.251 e. The number of benzene rings is 2. The number of para-hydroxylation sites is 1. The normalized spacial score (nSPS) is 13.9. The van der Waals surface area contributed by atoms with Crippen molar-refractivity contribution < 1.29 is 22.7 Å². The lowest BCUT2D eigenvalue weighted by Crippen LogP contribution is -2.26. The van der Waals surface area contributed by atoms with Gasteiger partial charge in [0.1, 0.15) is 0 Å². The van der Waals surface area contributed by atoms with Crippen LogP contribution in [0.2, 0.25) is 0 Å². The Kier molecular flexibility index (Phi) is 5.67. The highest BCUT2D eigenvalue weighted by molar-refractivity contribution is 7.89. The molecule has 2 aromatic carbocycles. The molecule has 1 saturated carbocycles. The molecular weight excluding hydrogens is 368 g/mol. The third kappa shape index (κ3) is 4.58. The first-order chi connectivity index (χ1) is 12.9. The van der Waals surface area contributed by atoms with E-state index in [4.69, 9.17) is 9.47 Å². The smallest absolute Gasteiger partial charge is 0.251 e. The van der Waals surface area contributed by atoms with Gasteiger partial charge in [-0.15, -0.1) is 0 Å². The summed E-state index contributed by atoms with van der Waals surface area (Å²) in [4.78, 5) is 12.5. The molecule has 0 bridgehead atoms. The van der Waals surface area contributed by atoms with E-state index in [9.17, 15) is 13.2 Å². The summed E-state index contributed by atoms with van der Waals surface area (Å²) in [6, 6.07) is 11.3. The van der Waals surface area contributed by atoms with E-state index in [1.165, 1.54) is 31.4 Å². The van der Waals surface area contributed by atoms with Crippen LogP contribution in [0, 0.1) is 0 Å². The summed E-state index contributed by atoms with van der Waals surface area (Å²) in [5.41, 5.74) is 1.15. The summed E-state index contributed by atoms with van der Waals surface area (Å²) >= 11 is 0. The molecule has 7 nitrogen and oxygen atoms in total. The first-order valence-electron chi connectivity index (χ1n) is 8.55. The number of hydrogen-bond acceptors (Lipinski definition) is 5. The molecular formula is C19H22N2O5S. The van der Waals surface area contributed by atoms with Crippen molar-refractivity contribution in [1.82, 2.24) is 10.0 Å². The number of carbonyl (C=O) groups excluding carboxylic acids is 1. The van der Waals surface area contributed by atoms with E-state index in [0.717, 1.165) is 18.4 Å². The van der Waals surface area contributed by atoms with Gasteiger partial charge in [0, 0.05) is 23.7 Å². The average molecular weight is 390 g/mol. The molecule has 27 heavy (non-hydrogen) atoms. The Hall–Kier alpha value is -2.58. The summed E-state index contributed by atoms with van der Waals surface area (Å²) in [5.74, 6) is 0.842. The third-order valence-corrected chi connectivity index (χ3v) is 5.79. The van der Waals surface area contributed by atoms with Gasteiger partial charge in [-0.25, -0.2) is 13.1 Å². The van der Waals surface area contributed by atoms with Crippen LogP contribution in [0.25, 0.3) is 0 Å². The van der Waals surface area contributed by atoms with Crippen molar-refractivity contribution >= 4 is 15.9 Å². The van der Waals surface area contributed by atoms with Gasteiger partial charge in [0.15, 0.2) is 11.5 Å². The van der Waals surface area contributed by atoms with Crippen LogP contribution >= 0.6 is 0 Å². The number of hydrogen-bond donors (Lipinski definition) is 2. The fourth-order valence-corrected chi connectivity index (χ4v) is 3.95. The van der Waals surface area contributed by atoms with Crippen LogP contribution in [-0.2, 0) is 16.6 Å². The van der Waals surface area contributed by atoms with Crippen molar-refractivity contribution in [2.24, 2.45) is 0 Å². The summed E-state index contributed by atoms with van der Waals surface area (Å²) in [7, 11) is -0.434. The van der Waals surface area contributed by atoms with Gasteiger partial charge < -0.3 is 14.8 Å². The lowest BCUT2D eigenvalue weighted by molar-refractivity contribution is 0.0950. The Morgan fingerprint density at radius 3 is 2.37 bits per heavy atom. The fourth-order valence-electron chi connectivity index (χ4n) is 2.64. The minimum absolute atomic E-state index is 0.0378. The highest BCUT2D eigenvalue weighted by Crippen LogP contribution is 2.30. The van der Waals surface area contributed by atoms with Crippen molar-refractivity contribution in [3.63, 3.8) is 0 Å². The van der Waals surface area contributed by atoms with Gasteiger partial charge in [-0.2, -0.15) is 0 Å². The van der Waals surface area contributed by atoms with Crippen LogP contribution < -0.4 is 19.5 Å². The topological polar surface area (TPSA) is 93.7 Å². The summed E-state index contributed by atoms with van der Waals surface area (Å²) in [5, 5.41) is 2.80. The van der Waals surface area contributed by atoms with Crippen molar-refractivity contribution in [1.29, 1.82) is 0 Å². The lowest BCUT2D eigenvalue weighted by Gasteiger charge is -2.13. The van der Waals surface area contributed by atoms with Crippen LogP contribution in [0.15, 0.2) is 47.4 Å². The van der Waals surface area contributed by atoms with Crippen molar-refractivity contribution in [3.05, 3.63) is 53.6 Å². The molecule has 1 aliphatic rings. The van der Waals surface area contributed by atoms with Crippen LogP contribution in [0.1, 0.15) is 28.8 Å². The number of carbonyl (C=O) groups is 1. The molecule has 3 rings (SSSR count). The van der Waals surface area contributed by atoms with E-state index in [1.54, 1.807) is 13.2 Å². The van der Waals surface area contributed by atoms with Gasteiger partial charge in [0.05, 0.1) is 19.1 Å². The minimum atomic E-state index is -3.52. The summed E-state index contributed by atoms with van der Waals surface area (Å²) in [6.07, 6.45) is 1.74. The molecule has 0 atom stereocenters. The van der Waals surface area contributed by atoms with E-state index in [2.05, 4.69) is 10.0 Å². The van der Waals surface area contributed by atoms with Crippen LogP contribution in [0.3, 0.4) is 0 Å². The zero-order valence-corrected chi connectivity index (χ0v) is 16.0. The molecule has 0 aliphatic heterocycles. The van der Waals surface area contributed by atoms with Gasteiger partial charge in [0.25, 0.3) is 5.91 Å². The Morgan fingerprint density at radius 2 is 1.78 bits per heavy atom. The predicted octanol–water partition coefficient (Wildman–Crippen LogP) is 2.07. The molecule has 0 aromatic heterocycles. The molecule has 1 amide bonds. The molecule has 144 valence electrons. The van der Waals surface area contributed by atoms with Gasteiger partial charge >= 0.3 is 0 Å². The second-order valence-electron chi connectivity index (χ2n) is 6.26. The molecule has 2 N–H and O–H groups in total. The average Bonchev–Trinajstić information content (AvgIpc) is 3.49. The Balaban J connectivity index is 1.66. The van der Waals surface area contributed by atoms with Crippen LogP contribution in [0.4, 0.5) is 0 Å². The number of methoxy groups -OCH3 is 2. The van der Waals surface area contributed by atoms with Crippen LogP contribution in [-0.4, -0.2) is 34.6 Å². The maximum absolute atomic E-state index is 12.4. The molecule has 0 saturated heterocycles. The second kappa shape index (κ2) is 7.98. The third-order valence-electron chi connectivity index (χ3n) is 4.25. The van der Waals surface area contributed by atoms with Crippen LogP contribution in [0.5, 0.6) is 11.5 Å². The van der Waals surface area contributed by atoms with Crippen molar-refractivity contribution in [2.45, 2.75) is 30.3 Å². The molecule has 1 fully saturated rings. The van der Waals surface area contributed by atoms with Crippen molar-refractivity contribution in [3.8, 4) is 11.5 Å². The second-order valence-corrected chi connectivity index (χ2v) is 7.97. The number of ether oxygens (including phenoxy) is 2. The SMILES string of the molecule is COc1cccc(CNC(=O)c2ccc(S(=O)(=O)NC3CC3)cc2)c1OC. The monoisotopic (exact) mass is 390 g/mol. The molecule has 0 spiro atoms. The van der Waals surface area contributed by atoms with E-state index in [-0.39, 0.29) is 23.4 Å². The zero-order chi connectivity index (χ0) is 19.4. The Bertz CT molecular complexity index is 922. The minimum Gasteiger partial charge on any atom is -0.493 e. The summed E-state index contributed by atoms with van der Waals surface area (Å²) in [6.45, 7) is 0.252.